The molecule has 1 aromatic heterocycles. The molecule has 1 rings (SSSR count). The third-order valence-electron chi connectivity index (χ3n) is 1.41. The Morgan fingerprint density at radius 1 is 1.73 bits per heavy atom. The maximum atomic E-state index is 5.49. The van der Waals surface area contributed by atoms with E-state index in [-0.39, 0.29) is 0 Å². The Morgan fingerprint density at radius 2 is 2.45 bits per heavy atom. The maximum absolute atomic E-state index is 5.49. The first-order valence-corrected chi connectivity index (χ1v) is 4.09. The summed E-state index contributed by atoms with van der Waals surface area (Å²) in [5, 5.41) is 2.94. The standard InChI is InChI=1S/C7H10BrN3/c1-10-7-2-5(3-9)6(8)4-11-7/h2,4H,3,9H2,1H3,(H,10,11). The molecule has 0 fully saturated rings. The maximum Gasteiger partial charge on any atom is 0.126 e. The van der Waals surface area contributed by atoms with Crippen molar-refractivity contribution in [2.45, 2.75) is 6.54 Å². The number of anilines is 1. The first-order chi connectivity index (χ1) is 5.27. The molecule has 4 heteroatoms. The van der Waals surface area contributed by atoms with Crippen molar-refractivity contribution < 1.29 is 0 Å². The Kier molecular flexibility index (Phi) is 2.84. The van der Waals surface area contributed by atoms with Crippen LogP contribution in [0.5, 0.6) is 0 Å². The van der Waals surface area contributed by atoms with Gasteiger partial charge in [-0.25, -0.2) is 4.98 Å². The Morgan fingerprint density at radius 3 is 3.00 bits per heavy atom. The van der Waals surface area contributed by atoms with Crippen LogP contribution in [0.2, 0.25) is 0 Å². The molecule has 60 valence electrons. The molecule has 1 heterocycles. The summed E-state index contributed by atoms with van der Waals surface area (Å²) >= 11 is 3.35. The summed E-state index contributed by atoms with van der Waals surface area (Å²) in [6.45, 7) is 0.526. The van der Waals surface area contributed by atoms with Crippen molar-refractivity contribution in [3.63, 3.8) is 0 Å². The second kappa shape index (κ2) is 3.69. The van der Waals surface area contributed by atoms with Crippen molar-refractivity contribution in [2.24, 2.45) is 5.73 Å². The van der Waals surface area contributed by atoms with Gasteiger partial charge in [-0.1, -0.05) is 0 Å². The van der Waals surface area contributed by atoms with Crippen LogP contribution in [0.3, 0.4) is 0 Å². The highest BCUT2D eigenvalue weighted by atomic mass is 79.9. The van der Waals surface area contributed by atoms with Crippen molar-refractivity contribution in [3.8, 4) is 0 Å². The smallest absolute Gasteiger partial charge is 0.126 e. The quantitative estimate of drug-likeness (QED) is 0.784. The normalized spacial score (nSPS) is 9.73. The first kappa shape index (κ1) is 8.49. The van der Waals surface area contributed by atoms with Gasteiger partial charge in [0.05, 0.1) is 0 Å². The molecule has 0 amide bonds. The zero-order valence-corrected chi connectivity index (χ0v) is 7.85. The average Bonchev–Trinajstić information content (AvgIpc) is 2.05. The van der Waals surface area contributed by atoms with Gasteiger partial charge in [-0.2, -0.15) is 0 Å². The van der Waals surface area contributed by atoms with Gasteiger partial charge in [0, 0.05) is 24.3 Å². The molecule has 0 spiro atoms. The molecule has 0 radical (unpaired) electrons. The third kappa shape index (κ3) is 1.91. The van der Waals surface area contributed by atoms with Crippen LogP contribution >= 0.6 is 15.9 Å². The number of pyridine rings is 1. The van der Waals surface area contributed by atoms with E-state index in [1.165, 1.54) is 0 Å². The first-order valence-electron chi connectivity index (χ1n) is 3.30. The number of nitrogens with zero attached hydrogens (tertiary/aromatic N) is 1. The lowest BCUT2D eigenvalue weighted by Gasteiger charge is -2.03. The van der Waals surface area contributed by atoms with Gasteiger partial charge in [0.25, 0.3) is 0 Å². The molecule has 0 unspecified atom stereocenters. The molecule has 0 aliphatic rings. The Hall–Kier alpha value is -0.610. The number of hydrogen-bond acceptors (Lipinski definition) is 3. The number of rotatable bonds is 2. The molecule has 0 saturated heterocycles. The Bertz CT molecular complexity index is 249. The summed E-state index contributed by atoms with van der Waals surface area (Å²) < 4.78 is 0.957. The second-order valence-electron chi connectivity index (χ2n) is 2.12. The molecular formula is C7H10BrN3. The third-order valence-corrected chi connectivity index (χ3v) is 2.12. The van der Waals surface area contributed by atoms with Crippen LogP contribution in [0.4, 0.5) is 5.82 Å². The lowest BCUT2D eigenvalue weighted by Crippen LogP contribution is -2.00. The molecule has 0 aromatic carbocycles. The Balaban J connectivity index is 3.02. The van der Waals surface area contributed by atoms with Crippen molar-refractivity contribution in [3.05, 3.63) is 22.3 Å². The van der Waals surface area contributed by atoms with Gasteiger partial charge < -0.3 is 11.1 Å². The zero-order valence-electron chi connectivity index (χ0n) is 6.26. The van der Waals surface area contributed by atoms with E-state index < -0.39 is 0 Å². The van der Waals surface area contributed by atoms with Gasteiger partial charge in [0.15, 0.2) is 0 Å². The van der Waals surface area contributed by atoms with Crippen molar-refractivity contribution in [2.75, 3.05) is 12.4 Å². The van der Waals surface area contributed by atoms with Gasteiger partial charge in [-0.3, -0.25) is 0 Å². The van der Waals surface area contributed by atoms with Gasteiger partial charge in [0.1, 0.15) is 5.82 Å². The molecule has 3 N–H and O–H groups in total. The number of aromatic nitrogens is 1. The minimum Gasteiger partial charge on any atom is -0.373 e. The van der Waals surface area contributed by atoms with Crippen LogP contribution in [-0.4, -0.2) is 12.0 Å². The topological polar surface area (TPSA) is 50.9 Å². The summed E-state index contributed by atoms with van der Waals surface area (Å²) in [5.74, 6) is 0.841. The monoisotopic (exact) mass is 215 g/mol. The highest BCUT2D eigenvalue weighted by molar-refractivity contribution is 9.10. The summed E-state index contributed by atoms with van der Waals surface area (Å²) in [6.07, 6.45) is 1.74. The van der Waals surface area contributed by atoms with E-state index in [0.29, 0.717) is 6.54 Å². The Labute approximate surface area is 74.1 Å². The van der Waals surface area contributed by atoms with E-state index >= 15 is 0 Å². The van der Waals surface area contributed by atoms with Crippen LogP contribution in [0.1, 0.15) is 5.56 Å². The highest BCUT2D eigenvalue weighted by Gasteiger charge is 1.98. The predicted octanol–water partition coefficient (Wildman–Crippen LogP) is 1.34. The van der Waals surface area contributed by atoms with E-state index in [9.17, 15) is 0 Å². The van der Waals surface area contributed by atoms with Crippen LogP contribution in [0, 0.1) is 0 Å². The van der Waals surface area contributed by atoms with Crippen LogP contribution in [0.25, 0.3) is 0 Å². The fourth-order valence-corrected chi connectivity index (χ4v) is 1.15. The number of nitrogens with two attached hydrogens (primary N) is 1. The molecular weight excluding hydrogens is 206 g/mol. The summed E-state index contributed by atoms with van der Waals surface area (Å²) in [4.78, 5) is 4.09. The van der Waals surface area contributed by atoms with Crippen LogP contribution in [0.15, 0.2) is 16.7 Å². The average molecular weight is 216 g/mol. The van der Waals surface area contributed by atoms with Gasteiger partial charge >= 0.3 is 0 Å². The van der Waals surface area contributed by atoms with Crippen LogP contribution < -0.4 is 11.1 Å². The molecule has 1 aromatic rings. The summed E-state index contributed by atoms with van der Waals surface area (Å²) in [5.41, 5.74) is 6.55. The minimum atomic E-state index is 0.526. The van der Waals surface area contributed by atoms with Crippen molar-refractivity contribution in [1.29, 1.82) is 0 Å². The van der Waals surface area contributed by atoms with Gasteiger partial charge in [0.2, 0.25) is 0 Å². The van der Waals surface area contributed by atoms with Gasteiger partial charge in [-0.05, 0) is 27.6 Å². The van der Waals surface area contributed by atoms with E-state index in [0.717, 1.165) is 15.9 Å². The van der Waals surface area contributed by atoms with Crippen LogP contribution in [-0.2, 0) is 6.54 Å². The number of nitrogens with one attached hydrogen (secondary N) is 1. The van der Waals surface area contributed by atoms with Crippen molar-refractivity contribution >= 4 is 21.7 Å². The van der Waals surface area contributed by atoms with E-state index in [1.54, 1.807) is 6.20 Å². The fraction of sp³-hybridized carbons (Fsp3) is 0.286. The zero-order chi connectivity index (χ0) is 8.27. The molecule has 0 aliphatic carbocycles. The summed E-state index contributed by atoms with van der Waals surface area (Å²) in [7, 11) is 1.83. The number of halogens is 1. The second-order valence-corrected chi connectivity index (χ2v) is 2.97. The fourth-order valence-electron chi connectivity index (χ4n) is 0.774. The molecule has 3 nitrogen and oxygen atoms in total. The van der Waals surface area contributed by atoms with E-state index in [2.05, 4.69) is 26.2 Å². The van der Waals surface area contributed by atoms with E-state index in [1.807, 2.05) is 13.1 Å². The molecule has 0 aliphatic heterocycles. The SMILES string of the molecule is CNc1cc(CN)c(Br)cn1. The van der Waals surface area contributed by atoms with Crippen molar-refractivity contribution in [1.82, 2.24) is 4.98 Å². The number of hydrogen-bond donors (Lipinski definition) is 2. The largest absolute Gasteiger partial charge is 0.373 e. The molecule has 11 heavy (non-hydrogen) atoms. The van der Waals surface area contributed by atoms with E-state index in [4.69, 9.17) is 5.73 Å². The summed E-state index contributed by atoms with van der Waals surface area (Å²) in [6, 6.07) is 1.92. The molecule has 0 atom stereocenters. The lowest BCUT2D eigenvalue weighted by atomic mass is 10.2. The minimum absolute atomic E-state index is 0.526. The molecule has 0 bridgehead atoms. The molecule has 0 saturated carbocycles. The predicted molar refractivity (Wildman–Crippen MR) is 49.4 cm³/mol. The lowest BCUT2D eigenvalue weighted by molar-refractivity contribution is 1.05. The van der Waals surface area contributed by atoms with Gasteiger partial charge in [-0.15, -0.1) is 0 Å². The highest BCUT2D eigenvalue weighted by Crippen LogP contribution is 2.17.